The average molecular weight is 394 g/mol. The van der Waals surface area contributed by atoms with Crippen LogP contribution in [0.1, 0.15) is 18.4 Å². The summed E-state index contributed by atoms with van der Waals surface area (Å²) in [6, 6.07) is 12.1. The molecule has 1 aliphatic rings. The lowest BCUT2D eigenvalue weighted by molar-refractivity contribution is -0.448. The predicted molar refractivity (Wildman–Crippen MR) is 98.8 cm³/mol. The normalized spacial score (nSPS) is 14.7. The highest BCUT2D eigenvalue weighted by molar-refractivity contribution is 7.92. The van der Waals surface area contributed by atoms with Gasteiger partial charge >= 0.3 is 10.0 Å². The number of hydrogen-bond donors (Lipinski definition) is 3. The standard InChI is InChI=1S/C17H19N3O4S2/c1-13-7-9-15(10-8-13)25(21,22)19-14-4-2-5-16(12-14)26(23,24)20-17-6-3-11-18-17/h2,4-5,7-10,12,19H,3,6,11H2,1H3,(H,18,20)/p+1. The maximum absolute atomic E-state index is 12.5. The molecule has 0 unspecified atom stereocenters. The molecule has 3 N–H and O–H groups in total. The molecule has 0 amide bonds. The first-order valence-electron chi connectivity index (χ1n) is 8.08. The third-order valence-electron chi connectivity index (χ3n) is 3.93. The first-order chi connectivity index (χ1) is 12.3. The van der Waals surface area contributed by atoms with Crippen molar-refractivity contribution in [3.63, 3.8) is 0 Å². The average Bonchev–Trinajstić information content (AvgIpc) is 3.07. The Morgan fingerprint density at radius 2 is 1.58 bits per heavy atom. The second kappa shape index (κ2) is 7.08. The van der Waals surface area contributed by atoms with E-state index in [1.807, 2.05) is 6.92 Å². The molecule has 0 aromatic heterocycles. The van der Waals surface area contributed by atoms with Crippen LogP contribution in [0.3, 0.4) is 0 Å². The molecule has 0 aliphatic carbocycles. The molecule has 0 spiro atoms. The number of aryl methyl sites for hydroxylation is 1. The Balaban J connectivity index is 1.84. The quantitative estimate of drug-likeness (QED) is 0.680. The largest absolute Gasteiger partial charge is 0.328 e. The topological polar surface area (TPSA) is 106 Å². The summed E-state index contributed by atoms with van der Waals surface area (Å²) in [5.41, 5.74) is 1.12. The van der Waals surface area contributed by atoms with Gasteiger partial charge in [-0.1, -0.05) is 23.8 Å². The van der Waals surface area contributed by atoms with Crippen LogP contribution >= 0.6 is 0 Å². The molecule has 0 radical (unpaired) electrons. The predicted octanol–water partition coefficient (Wildman–Crippen LogP) is 0.347. The number of nitrogens with one attached hydrogen (secondary N) is 3. The number of anilines is 1. The smallest absolute Gasteiger partial charge is 0.280 e. The van der Waals surface area contributed by atoms with Gasteiger partial charge in [-0.05, 0) is 43.7 Å². The van der Waals surface area contributed by atoms with Gasteiger partial charge in [-0.2, -0.15) is 13.1 Å². The van der Waals surface area contributed by atoms with Gasteiger partial charge < -0.3 is 0 Å². The van der Waals surface area contributed by atoms with E-state index in [2.05, 4.69) is 14.4 Å². The lowest BCUT2D eigenvalue weighted by Gasteiger charge is -2.09. The Morgan fingerprint density at radius 1 is 0.885 bits per heavy atom. The molecule has 26 heavy (non-hydrogen) atoms. The van der Waals surface area contributed by atoms with Gasteiger partial charge in [0.25, 0.3) is 15.9 Å². The van der Waals surface area contributed by atoms with Crippen molar-refractivity contribution in [3.8, 4) is 0 Å². The van der Waals surface area contributed by atoms with E-state index >= 15 is 0 Å². The van der Waals surface area contributed by atoms with Crippen molar-refractivity contribution in [2.24, 2.45) is 0 Å². The molecular formula is C17H20N3O4S2+. The van der Waals surface area contributed by atoms with Crippen molar-refractivity contribution in [3.05, 3.63) is 54.1 Å². The van der Waals surface area contributed by atoms with Crippen LogP contribution in [-0.2, 0) is 20.0 Å². The van der Waals surface area contributed by atoms with E-state index in [1.54, 1.807) is 12.1 Å². The Labute approximate surface area is 153 Å². The van der Waals surface area contributed by atoms with Gasteiger partial charge in [0, 0.05) is 0 Å². The van der Waals surface area contributed by atoms with Crippen LogP contribution in [0.5, 0.6) is 0 Å². The van der Waals surface area contributed by atoms with Crippen LogP contribution in [-0.4, -0.2) is 29.2 Å². The summed E-state index contributed by atoms with van der Waals surface area (Å²) in [5.74, 6) is 0.552. The van der Waals surface area contributed by atoms with E-state index in [0.717, 1.165) is 18.5 Å². The van der Waals surface area contributed by atoms with Gasteiger partial charge in [0.05, 0.1) is 23.5 Å². The van der Waals surface area contributed by atoms with E-state index in [-0.39, 0.29) is 15.5 Å². The minimum atomic E-state index is -3.80. The molecule has 0 saturated heterocycles. The minimum Gasteiger partial charge on any atom is -0.280 e. The van der Waals surface area contributed by atoms with Crippen LogP contribution in [0.25, 0.3) is 0 Å². The second-order valence-corrected chi connectivity index (χ2v) is 9.43. The van der Waals surface area contributed by atoms with E-state index < -0.39 is 20.0 Å². The molecule has 0 atom stereocenters. The molecule has 3 rings (SSSR count). The molecule has 0 saturated carbocycles. The van der Waals surface area contributed by atoms with Crippen molar-refractivity contribution >= 4 is 31.6 Å². The number of sulfonamides is 2. The third-order valence-corrected chi connectivity index (χ3v) is 6.71. The van der Waals surface area contributed by atoms with Crippen molar-refractivity contribution < 1.29 is 21.8 Å². The van der Waals surface area contributed by atoms with Crippen LogP contribution in [0, 0.1) is 6.92 Å². The van der Waals surface area contributed by atoms with Crippen LogP contribution in [0.4, 0.5) is 5.69 Å². The second-order valence-electron chi connectivity index (χ2n) is 6.06. The zero-order chi connectivity index (χ0) is 18.8. The molecule has 1 heterocycles. The van der Waals surface area contributed by atoms with Gasteiger partial charge in [0.15, 0.2) is 0 Å². The van der Waals surface area contributed by atoms with Gasteiger partial charge in [0.2, 0.25) is 0 Å². The summed E-state index contributed by atoms with van der Waals surface area (Å²) in [5, 5.41) is 0. The lowest BCUT2D eigenvalue weighted by Crippen LogP contribution is -2.72. The van der Waals surface area contributed by atoms with E-state index in [1.165, 1.54) is 36.4 Å². The van der Waals surface area contributed by atoms with Gasteiger partial charge in [-0.3, -0.25) is 9.71 Å². The molecule has 9 heteroatoms. The molecule has 0 bridgehead atoms. The Morgan fingerprint density at radius 3 is 2.23 bits per heavy atom. The molecule has 138 valence electrons. The zero-order valence-corrected chi connectivity index (χ0v) is 15.8. The first-order valence-corrected chi connectivity index (χ1v) is 11.0. The molecular weight excluding hydrogens is 374 g/mol. The van der Waals surface area contributed by atoms with Crippen LogP contribution < -0.4 is 14.4 Å². The van der Waals surface area contributed by atoms with Crippen molar-refractivity contribution in [1.82, 2.24) is 4.72 Å². The summed E-state index contributed by atoms with van der Waals surface area (Å²) in [7, 11) is -7.57. The fourth-order valence-corrected chi connectivity index (χ4v) is 4.77. The Hall–Kier alpha value is -2.39. The summed E-state index contributed by atoms with van der Waals surface area (Å²) >= 11 is 0. The zero-order valence-electron chi connectivity index (χ0n) is 14.2. The molecule has 2 aromatic rings. The minimum absolute atomic E-state index is 0.0113. The highest BCUT2D eigenvalue weighted by Crippen LogP contribution is 2.20. The maximum atomic E-state index is 12.5. The fraction of sp³-hybridized carbons (Fsp3) is 0.235. The Kier molecular flexibility index (Phi) is 5.01. The number of rotatable bonds is 5. The van der Waals surface area contributed by atoms with Crippen molar-refractivity contribution in [1.29, 1.82) is 0 Å². The molecule has 1 aliphatic heterocycles. The lowest BCUT2D eigenvalue weighted by atomic mass is 10.2. The van der Waals surface area contributed by atoms with E-state index in [4.69, 9.17) is 0 Å². The monoisotopic (exact) mass is 394 g/mol. The Bertz CT molecular complexity index is 1040. The van der Waals surface area contributed by atoms with Gasteiger partial charge in [-0.15, -0.1) is 0 Å². The van der Waals surface area contributed by atoms with E-state index in [9.17, 15) is 16.8 Å². The molecule has 7 nitrogen and oxygen atoms in total. The summed E-state index contributed by atoms with van der Waals surface area (Å²) < 4.78 is 54.8. The maximum Gasteiger partial charge on any atom is 0.328 e. The van der Waals surface area contributed by atoms with Gasteiger partial charge in [-0.25, -0.2) is 8.42 Å². The van der Waals surface area contributed by atoms with Crippen molar-refractivity contribution in [2.75, 3.05) is 11.3 Å². The fourth-order valence-electron chi connectivity index (χ4n) is 2.56. The summed E-state index contributed by atoms with van der Waals surface area (Å²) in [4.78, 5) is 3.08. The third kappa shape index (κ3) is 4.23. The highest BCUT2D eigenvalue weighted by Gasteiger charge is 2.25. The first kappa shape index (κ1) is 18.4. The van der Waals surface area contributed by atoms with E-state index in [0.29, 0.717) is 12.3 Å². The molecule has 2 aromatic carbocycles. The number of hydrogen-bond acceptors (Lipinski definition) is 4. The highest BCUT2D eigenvalue weighted by atomic mass is 32.2. The van der Waals surface area contributed by atoms with Crippen LogP contribution in [0.15, 0.2) is 58.3 Å². The van der Waals surface area contributed by atoms with Gasteiger partial charge in [0.1, 0.15) is 4.90 Å². The molecule has 0 fully saturated rings. The summed E-state index contributed by atoms with van der Waals surface area (Å²) in [6.45, 7) is 2.59. The number of amidine groups is 1. The SMILES string of the molecule is Cc1ccc(S(=O)(=O)Nc2cccc(S(=O)(=O)NC3=[NH+]CCC3)c2)cc1. The number of benzene rings is 2. The summed E-state index contributed by atoms with van der Waals surface area (Å²) in [6.07, 6.45) is 1.51. The van der Waals surface area contributed by atoms with Crippen molar-refractivity contribution in [2.45, 2.75) is 29.6 Å². The van der Waals surface area contributed by atoms with Crippen LogP contribution in [0.2, 0.25) is 0 Å².